The molecule has 0 saturated carbocycles. The summed E-state index contributed by atoms with van der Waals surface area (Å²) in [6.45, 7) is 10.4. The minimum Gasteiger partial charge on any atom is -0.459 e. The van der Waals surface area contributed by atoms with Crippen LogP contribution in [0.4, 0.5) is 0 Å². The van der Waals surface area contributed by atoms with Gasteiger partial charge in [-0.25, -0.2) is 4.79 Å². The second kappa shape index (κ2) is 6.47. The average Bonchev–Trinajstić information content (AvgIpc) is 3.16. The Balaban J connectivity index is 1.69. The summed E-state index contributed by atoms with van der Waals surface area (Å²) < 4.78 is 22.5. The molecule has 27 heavy (non-hydrogen) atoms. The van der Waals surface area contributed by atoms with Crippen molar-refractivity contribution in [2.45, 2.75) is 96.7 Å². The molecule has 0 aliphatic carbocycles. The van der Waals surface area contributed by atoms with Crippen molar-refractivity contribution in [2.75, 3.05) is 0 Å². The second-order valence-corrected chi connectivity index (χ2v) is 9.29. The Hall–Kier alpha value is -1.63. The zero-order valence-electron chi connectivity index (χ0n) is 17.0. The summed E-state index contributed by atoms with van der Waals surface area (Å²) in [4.78, 5) is 37.3. The molecule has 152 valence electrons. The standard InChI is InChI=1S/C20H30O7/c1-7-11(2)15(21)26-19(5,6)16(22)25-13-8-12-9-20(14(13)24-12)10-18(3,4)27-17(20)23/h11-14H,7-10H2,1-6H3. The molecule has 0 amide bonds. The monoisotopic (exact) mass is 382 g/mol. The number of rotatable bonds is 5. The van der Waals surface area contributed by atoms with E-state index in [0.29, 0.717) is 25.7 Å². The number of cyclic esters (lactones) is 1. The highest BCUT2D eigenvalue weighted by molar-refractivity contribution is 5.84. The minimum absolute atomic E-state index is 0.125. The molecule has 0 aromatic carbocycles. The highest BCUT2D eigenvalue weighted by Gasteiger charge is 2.68. The van der Waals surface area contributed by atoms with E-state index in [-0.39, 0.29) is 18.0 Å². The van der Waals surface area contributed by atoms with Crippen LogP contribution in [-0.2, 0) is 33.3 Å². The molecule has 3 aliphatic heterocycles. The number of carbonyl (C=O) groups is 3. The molecule has 3 rings (SSSR count). The molecule has 5 atom stereocenters. The number of ether oxygens (including phenoxy) is 4. The summed E-state index contributed by atoms with van der Waals surface area (Å²) in [5.74, 6) is -1.62. The fourth-order valence-electron chi connectivity index (χ4n) is 4.42. The molecule has 0 N–H and O–H groups in total. The first-order chi connectivity index (χ1) is 12.4. The summed E-state index contributed by atoms with van der Waals surface area (Å²) in [6.07, 6.45) is 1.13. The normalized spacial score (nSPS) is 35.2. The molecule has 7 heteroatoms. The van der Waals surface area contributed by atoms with E-state index in [2.05, 4.69) is 0 Å². The van der Waals surface area contributed by atoms with Crippen LogP contribution in [0.25, 0.3) is 0 Å². The van der Waals surface area contributed by atoms with Crippen LogP contribution in [0, 0.1) is 11.3 Å². The first kappa shape index (κ1) is 20.1. The van der Waals surface area contributed by atoms with Crippen molar-refractivity contribution in [3.8, 4) is 0 Å². The van der Waals surface area contributed by atoms with E-state index in [4.69, 9.17) is 18.9 Å². The van der Waals surface area contributed by atoms with Gasteiger partial charge in [0.05, 0.1) is 12.0 Å². The quantitative estimate of drug-likeness (QED) is 0.533. The van der Waals surface area contributed by atoms with E-state index in [1.54, 1.807) is 6.92 Å². The van der Waals surface area contributed by atoms with Crippen molar-refractivity contribution >= 4 is 17.9 Å². The first-order valence-electron chi connectivity index (χ1n) is 9.73. The van der Waals surface area contributed by atoms with Gasteiger partial charge in [-0.2, -0.15) is 0 Å². The summed E-state index contributed by atoms with van der Waals surface area (Å²) in [7, 11) is 0. The predicted molar refractivity (Wildman–Crippen MR) is 94.6 cm³/mol. The number of hydrogen-bond acceptors (Lipinski definition) is 7. The largest absolute Gasteiger partial charge is 0.459 e. The summed E-state index contributed by atoms with van der Waals surface area (Å²) in [5.41, 5.74) is -2.70. The molecule has 5 unspecified atom stereocenters. The van der Waals surface area contributed by atoms with Gasteiger partial charge in [0.2, 0.25) is 5.60 Å². The van der Waals surface area contributed by atoms with Crippen LogP contribution < -0.4 is 0 Å². The molecule has 0 aromatic rings. The molecular weight excluding hydrogens is 352 g/mol. The van der Waals surface area contributed by atoms with Crippen LogP contribution in [0.2, 0.25) is 0 Å². The lowest BCUT2D eigenvalue weighted by molar-refractivity contribution is -0.188. The zero-order valence-corrected chi connectivity index (χ0v) is 17.0. The minimum atomic E-state index is -1.40. The van der Waals surface area contributed by atoms with Gasteiger partial charge in [0, 0.05) is 12.8 Å². The molecule has 0 aromatic heterocycles. The van der Waals surface area contributed by atoms with Gasteiger partial charge in [-0.15, -0.1) is 0 Å². The van der Waals surface area contributed by atoms with Crippen LogP contribution in [0.15, 0.2) is 0 Å². The maximum Gasteiger partial charge on any atom is 0.350 e. The Morgan fingerprint density at radius 3 is 2.52 bits per heavy atom. The molecule has 3 fully saturated rings. The fraction of sp³-hybridized carbons (Fsp3) is 0.850. The van der Waals surface area contributed by atoms with Gasteiger partial charge in [-0.3, -0.25) is 9.59 Å². The predicted octanol–water partition coefficient (Wildman–Crippen LogP) is 2.54. The topological polar surface area (TPSA) is 88.1 Å². The maximum absolute atomic E-state index is 12.7. The number of hydrogen-bond donors (Lipinski definition) is 0. The number of esters is 3. The molecule has 1 spiro atoms. The number of carbonyl (C=O) groups excluding carboxylic acids is 3. The van der Waals surface area contributed by atoms with Gasteiger partial charge in [0.15, 0.2) is 0 Å². The summed E-state index contributed by atoms with van der Waals surface area (Å²) in [6, 6.07) is 0. The number of fused-ring (bicyclic) bond motifs is 3. The van der Waals surface area contributed by atoms with Crippen molar-refractivity contribution in [3.05, 3.63) is 0 Å². The van der Waals surface area contributed by atoms with Gasteiger partial charge in [0.1, 0.15) is 23.2 Å². The Bertz CT molecular complexity index is 653. The van der Waals surface area contributed by atoms with Crippen molar-refractivity contribution < 1.29 is 33.3 Å². The Labute approximate surface area is 160 Å². The molecule has 3 saturated heterocycles. The highest BCUT2D eigenvalue weighted by Crippen LogP contribution is 2.57. The van der Waals surface area contributed by atoms with Gasteiger partial charge >= 0.3 is 17.9 Å². The second-order valence-electron chi connectivity index (χ2n) is 9.29. The highest BCUT2D eigenvalue weighted by atomic mass is 16.6. The van der Waals surface area contributed by atoms with E-state index >= 15 is 0 Å². The van der Waals surface area contributed by atoms with E-state index in [1.807, 2.05) is 20.8 Å². The third-order valence-corrected chi connectivity index (χ3v) is 5.95. The van der Waals surface area contributed by atoms with Crippen LogP contribution in [0.3, 0.4) is 0 Å². The Morgan fingerprint density at radius 2 is 2.00 bits per heavy atom. The van der Waals surface area contributed by atoms with E-state index in [1.165, 1.54) is 13.8 Å². The fourth-order valence-corrected chi connectivity index (χ4v) is 4.42. The van der Waals surface area contributed by atoms with E-state index in [0.717, 1.165) is 0 Å². The third kappa shape index (κ3) is 3.46. The van der Waals surface area contributed by atoms with Crippen molar-refractivity contribution in [1.29, 1.82) is 0 Å². The maximum atomic E-state index is 12.7. The average molecular weight is 382 g/mol. The van der Waals surface area contributed by atoms with Gasteiger partial charge in [-0.05, 0) is 40.5 Å². The lowest BCUT2D eigenvalue weighted by Crippen LogP contribution is -2.49. The molecular formula is C20H30O7. The first-order valence-corrected chi connectivity index (χ1v) is 9.73. The molecule has 2 bridgehead atoms. The van der Waals surface area contributed by atoms with Crippen molar-refractivity contribution in [3.63, 3.8) is 0 Å². The van der Waals surface area contributed by atoms with Crippen molar-refractivity contribution in [2.24, 2.45) is 11.3 Å². The summed E-state index contributed by atoms with van der Waals surface area (Å²) >= 11 is 0. The SMILES string of the molecule is CCC(C)C(=O)OC(C)(C)C(=O)OC1CC2CC3(CC(C)(C)OC3=O)C1O2. The molecule has 0 radical (unpaired) electrons. The lowest BCUT2D eigenvalue weighted by Gasteiger charge is -2.34. The van der Waals surface area contributed by atoms with Crippen molar-refractivity contribution in [1.82, 2.24) is 0 Å². The van der Waals surface area contributed by atoms with E-state index < -0.39 is 40.8 Å². The third-order valence-electron chi connectivity index (χ3n) is 5.95. The van der Waals surface area contributed by atoms with Gasteiger partial charge in [-0.1, -0.05) is 13.8 Å². The molecule has 3 heterocycles. The lowest BCUT2D eigenvalue weighted by atomic mass is 9.69. The Morgan fingerprint density at radius 1 is 1.33 bits per heavy atom. The smallest absolute Gasteiger partial charge is 0.350 e. The Kier molecular flexibility index (Phi) is 4.82. The molecule has 3 aliphatic rings. The van der Waals surface area contributed by atoms with E-state index in [9.17, 15) is 14.4 Å². The van der Waals surface area contributed by atoms with Crippen LogP contribution in [-0.4, -0.2) is 47.4 Å². The van der Waals surface area contributed by atoms with Gasteiger partial charge < -0.3 is 18.9 Å². The van der Waals surface area contributed by atoms with Crippen LogP contribution in [0.1, 0.15) is 67.2 Å². The molecule has 7 nitrogen and oxygen atoms in total. The van der Waals surface area contributed by atoms with Crippen LogP contribution in [0.5, 0.6) is 0 Å². The van der Waals surface area contributed by atoms with Crippen LogP contribution >= 0.6 is 0 Å². The zero-order chi connectivity index (χ0) is 20.2. The summed E-state index contributed by atoms with van der Waals surface area (Å²) in [5, 5.41) is 0. The van der Waals surface area contributed by atoms with Gasteiger partial charge in [0.25, 0.3) is 0 Å².